The van der Waals surface area contributed by atoms with E-state index in [1.807, 2.05) is 30.3 Å². The molecule has 5 nitrogen and oxygen atoms in total. The van der Waals surface area contributed by atoms with Gasteiger partial charge in [-0.15, -0.1) is 0 Å². The number of hydrogen-bond donors (Lipinski definition) is 1. The van der Waals surface area contributed by atoms with Crippen LogP contribution in [0.4, 0.5) is 0 Å². The molecule has 1 N–H and O–H groups in total. The molecule has 0 aliphatic carbocycles. The summed E-state index contributed by atoms with van der Waals surface area (Å²) in [5.74, 6) is 1.08. The maximum absolute atomic E-state index is 12.6. The van der Waals surface area contributed by atoms with Gasteiger partial charge in [-0.2, -0.15) is 0 Å². The molecule has 3 rings (SSSR count). The molecule has 1 aromatic heterocycles. The number of ether oxygens (including phenoxy) is 1. The van der Waals surface area contributed by atoms with Crippen LogP contribution in [0.25, 0.3) is 0 Å². The third-order valence-corrected chi connectivity index (χ3v) is 4.27. The van der Waals surface area contributed by atoms with Crippen LogP contribution in [0.3, 0.4) is 0 Å². The van der Waals surface area contributed by atoms with E-state index in [4.69, 9.17) is 9.15 Å². The molecular formula is C18H21NO4. The minimum Gasteiger partial charge on any atom is -0.489 e. The van der Waals surface area contributed by atoms with E-state index in [1.165, 1.54) is 6.26 Å². The van der Waals surface area contributed by atoms with Crippen molar-refractivity contribution in [2.24, 2.45) is 5.92 Å². The quantitative estimate of drug-likeness (QED) is 0.921. The Kier molecular flexibility index (Phi) is 4.67. The molecule has 2 heterocycles. The van der Waals surface area contributed by atoms with Crippen molar-refractivity contribution in [1.29, 1.82) is 0 Å². The SMILES string of the molecule is CC(O)C1CCN(C(=O)c2occc2COc2ccccc2)C1. The molecular weight excluding hydrogens is 294 g/mol. The third kappa shape index (κ3) is 3.56. The maximum atomic E-state index is 12.6. The Morgan fingerprint density at radius 3 is 2.87 bits per heavy atom. The smallest absolute Gasteiger partial charge is 0.289 e. The molecule has 1 aliphatic rings. The molecule has 1 aliphatic heterocycles. The second-order valence-corrected chi connectivity index (χ2v) is 5.92. The number of rotatable bonds is 5. The van der Waals surface area contributed by atoms with E-state index in [1.54, 1.807) is 17.9 Å². The fraction of sp³-hybridized carbons (Fsp3) is 0.389. The molecule has 0 bridgehead atoms. The number of furan rings is 1. The number of carbonyl (C=O) groups is 1. The molecule has 2 atom stereocenters. The van der Waals surface area contributed by atoms with E-state index in [-0.39, 0.29) is 18.4 Å². The number of para-hydroxylation sites is 1. The second kappa shape index (κ2) is 6.87. The van der Waals surface area contributed by atoms with Crippen LogP contribution in [0.2, 0.25) is 0 Å². The molecule has 5 heteroatoms. The van der Waals surface area contributed by atoms with Crippen molar-refractivity contribution in [2.75, 3.05) is 13.1 Å². The van der Waals surface area contributed by atoms with Crippen molar-refractivity contribution in [1.82, 2.24) is 4.90 Å². The fourth-order valence-electron chi connectivity index (χ4n) is 2.82. The monoisotopic (exact) mass is 315 g/mol. The molecule has 1 aromatic carbocycles. The predicted octanol–water partition coefficient (Wildman–Crippen LogP) is 2.70. The van der Waals surface area contributed by atoms with Gasteiger partial charge < -0.3 is 19.2 Å². The van der Waals surface area contributed by atoms with Crippen LogP contribution in [0, 0.1) is 5.92 Å². The normalized spacial score (nSPS) is 18.9. The molecule has 2 aromatic rings. The highest BCUT2D eigenvalue weighted by Gasteiger charge is 2.31. The lowest BCUT2D eigenvalue weighted by Gasteiger charge is -2.17. The summed E-state index contributed by atoms with van der Waals surface area (Å²) in [4.78, 5) is 14.3. The van der Waals surface area contributed by atoms with Gasteiger partial charge in [0.25, 0.3) is 5.91 Å². The molecule has 122 valence electrons. The van der Waals surface area contributed by atoms with Crippen LogP contribution in [0.15, 0.2) is 47.1 Å². The fourth-order valence-corrected chi connectivity index (χ4v) is 2.82. The van der Waals surface area contributed by atoms with E-state index >= 15 is 0 Å². The number of aliphatic hydroxyl groups excluding tert-OH is 1. The van der Waals surface area contributed by atoms with Gasteiger partial charge >= 0.3 is 0 Å². The molecule has 0 saturated carbocycles. The number of benzene rings is 1. The Bertz CT molecular complexity index is 650. The van der Waals surface area contributed by atoms with Crippen molar-refractivity contribution in [3.05, 3.63) is 54.0 Å². The van der Waals surface area contributed by atoms with Crippen molar-refractivity contribution in [2.45, 2.75) is 26.1 Å². The van der Waals surface area contributed by atoms with E-state index in [9.17, 15) is 9.90 Å². The van der Waals surface area contributed by atoms with Crippen LogP contribution in [-0.2, 0) is 6.61 Å². The van der Waals surface area contributed by atoms with Gasteiger partial charge in [0.1, 0.15) is 12.4 Å². The van der Waals surface area contributed by atoms with Crippen LogP contribution >= 0.6 is 0 Å². The van der Waals surface area contributed by atoms with Crippen LogP contribution in [-0.4, -0.2) is 35.1 Å². The number of carbonyl (C=O) groups excluding carboxylic acids is 1. The molecule has 0 spiro atoms. The number of likely N-dealkylation sites (tertiary alicyclic amines) is 1. The molecule has 0 radical (unpaired) electrons. The number of hydrogen-bond acceptors (Lipinski definition) is 4. The minimum absolute atomic E-state index is 0.134. The summed E-state index contributed by atoms with van der Waals surface area (Å²) < 4.78 is 11.1. The summed E-state index contributed by atoms with van der Waals surface area (Å²) in [6.45, 7) is 3.27. The first-order chi connectivity index (χ1) is 11.1. The molecule has 1 amide bonds. The summed E-state index contributed by atoms with van der Waals surface area (Å²) in [5, 5.41) is 9.67. The standard InChI is InChI=1S/C18H21NO4/c1-13(20)14-7-9-19(11-14)18(21)17-15(8-10-22-17)12-23-16-5-3-2-4-6-16/h2-6,8,10,13-14,20H,7,9,11-12H2,1H3. The Morgan fingerprint density at radius 1 is 1.39 bits per heavy atom. The van der Waals surface area contributed by atoms with E-state index in [0.717, 1.165) is 17.7 Å². The van der Waals surface area contributed by atoms with Crippen molar-refractivity contribution >= 4 is 5.91 Å². The minimum atomic E-state index is -0.398. The van der Waals surface area contributed by atoms with Gasteiger partial charge in [-0.1, -0.05) is 18.2 Å². The molecule has 1 saturated heterocycles. The Morgan fingerprint density at radius 2 is 2.17 bits per heavy atom. The second-order valence-electron chi connectivity index (χ2n) is 5.92. The summed E-state index contributed by atoms with van der Waals surface area (Å²) in [7, 11) is 0. The maximum Gasteiger partial charge on any atom is 0.289 e. The first-order valence-corrected chi connectivity index (χ1v) is 7.86. The zero-order chi connectivity index (χ0) is 16.2. The van der Waals surface area contributed by atoms with E-state index in [2.05, 4.69) is 0 Å². The Labute approximate surface area is 135 Å². The van der Waals surface area contributed by atoms with Gasteiger partial charge in [0, 0.05) is 24.6 Å². The average molecular weight is 315 g/mol. The lowest BCUT2D eigenvalue weighted by Crippen LogP contribution is -2.30. The van der Waals surface area contributed by atoms with Gasteiger partial charge in [-0.25, -0.2) is 0 Å². The average Bonchev–Trinajstić information content (AvgIpc) is 3.22. The summed E-state index contributed by atoms with van der Waals surface area (Å²) in [6.07, 6.45) is 1.93. The molecule has 1 fully saturated rings. The van der Waals surface area contributed by atoms with Gasteiger partial charge in [0.2, 0.25) is 0 Å². The zero-order valence-electron chi connectivity index (χ0n) is 13.1. The van der Waals surface area contributed by atoms with Crippen LogP contribution < -0.4 is 4.74 Å². The number of amides is 1. The van der Waals surface area contributed by atoms with Gasteiger partial charge in [0.05, 0.1) is 12.4 Å². The van der Waals surface area contributed by atoms with Crippen molar-refractivity contribution < 1.29 is 19.1 Å². The van der Waals surface area contributed by atoms with Crippen molar-refractivity contribution in [3.63, 3.8) is 0 Å². The first-order valence-electron chi connectivity index (χ1n) is 7.86. The summed E-state index contributed by atoms with van der Waals surface area (Å²) in [5.41, 5.74) is 0.736. The van der Waals surface area contributed by atoms with Gasteiger partial charge in [-0.05, 0) is 31.5 Å². The lowest BCUT2D eigenvalue weighted by atomic mass is 10.0. The highest BCUT2D eigenvalue weighted by Crippen LogP contribution is 2.23. The lowest BCUT2D eigenvalue weighted by molar-refractivity contribution is 0.0728. The first kappa shape index (κ1) is 15.6. The van der Waals surface area contributed by atoms with E-state index in [0.29, 0.717) is 18.8 Å². The predicted molar refractivity (Wildman–Crippen MR) is 85.2 cm³/mol. The topological polar surface area (TPSA) is 62.9 Å². The highest BCUT2D eigenvalue weighted by atomic mass is 16.5. The molecule has 23 heavy (non-hydrogen) atoms. The Balaban J connectivity index is 1.65. The summed E-state index contributed by atoms with van der Waals surface area (Å²) in [6, 6.07) is 11.2. The van der Waals surface area contributed by atoms with Crippen LogP contribution in [0.5, 0.6) is 5.75 Å². The summed E-state index contributed by atoms with van der Waals surface area (Å²) >= 11 is 0. The van der Waals surface area contributed by atoms with E-state index < -0.39 is 6.10 Å². The molecule has 2 unspecified atom stereocenters. The van der Waals surface area contributed by atoms with Crippen molar-refractivity contribution in [3.8, 4) is 5.75 Å². The largest absolute Gasteiger partial charge is 0.489 e. The van der Waals surface area contributed by atoms with Crippen LogP contribution in [0.1, 0.15) is 29.5 Å². The number of nitrogens with zero attached hydrogens (tertiary/aromatic N) is 1. The zero-order valence-corrected chi connectivity index (χ0v) is 13.1. The van der Waals surface area contributed by atoms with Gasteiger partial charge in [0.15, 0.2) is 5.76 Å². The Hall–Kier alpha value is -2.27. The third-order valence-electron chi connectivity index (χ3n) is 4.27. The van der Waals surface area contributed by atoms with Gasteiger partial charge in [-0.3, -0.25) is 4.79 Å². The number of aliphatic hydroxyl groups is 1. The highest BCUT2D eigenvalue weighted by molar-refractivity contribution is 5.93.